The SMILES string of the molecule is CCC(C)(CNC(=O)Cc1ccc(OC)cc1)C(=O)O. The number of carbonyl (C=O) groups excluding carboxylic acids is 1. The maximum absolute atomic E-state index is 11.8. The van der Waals surface area contributed by atoms with Crippen LogP contribution in [-0.2, 0) is 16.0 Å². The second kappa shape index (κ2) is 6.93. The van der Waals surface area contributed by atoms with E-state index in [-0.39, 0.29) is 18.9 Å². The van der Waals surface area contributed by atoms with Gasteiger partial charge in [-0.05, 0) is 31.0 Å². The fourth-order valence-electron chi connectivity index (χ4n) is 1.64. The lowest BCUT2D eigenvalue weighted by Crippen LogP contribution is -2.41. The van der Waals surface area contributed by atoms with Crippen LogP contribution in [0.2, 0.25) is 0 Å². The van der Waals surface area contributed by atoms with Crippen molar-refractivity contribution in [1.29, 1.82) is 0 Å². The lowest BCUT2D eigenvalue weighted by Gasteiger charge is -2.23. The monoisotopic (exact) mass is 279 g/mol. The topological polar surface area (TPSA) is 75.6 Å². The minimum absolute atomic E-state index is 0.133. The first-order valence-electron chi connectivity index (χ1n) is 6.54. The van der Waals surface area contributed by atoms with Crippen LogP contribution in [0.1, 0.15) is 25.8 Å². The van der Waals surface area contributed by atoms with Gasteiger partial charge >= 0.3 is 5.97 Å². The van der Waals surface area contributed by atoms with Gasteiger partial charge in [0.15, 0.2) is 0 Å². The van der Waals surface area contributed by atoms with E-state index < -0.39 is 11.4 Å². The number of methoxy groups -OCH3 is 1. The molecule has 2 N–H and O–H groups in total. The summed E-state index contributed by atoms with van der Waals surface area (Å²) in [6.45, 7) is 3.56. The van der Waals surface area contributed by atoms with Crippen LogP contribution in [0.5, 0.6) is 5.75 Å². The highest BCUT2D eigenvalue weighted by Gasteiger charge is 2.31. The molecule has 5 nitrogen and oxygen atoms in total. The Morgan fingerprint density at radius 2 is 1.90 bits per heavy atom. The highest BCUT2D eigenvalue weighted by molar-refractivity contribution is 5.80. The highest BCUT2D eigenvalue weighted by Crippen LogP contribution is 2.20. The van der Waals surface area contributed by atoms with E-state index in [1.54, 1.807) is 33.1 Å². The van der Waals surface area contributed by atoms with Crippen LogP contribution in [0.4, 0.5) is 0 Å². The highest BCUT2D eigenvalue weighted by atomic mass is 16.5. The third-order valence-electron chi connectivity index (χ3n) is 3.50. The normalized spacial score (nSPS) is 13.3. The lowest BCUT2D eigenvalue weighted by atomic mass is 9.87. The number of carboxylic acids is 1. The molecule has 20 heavy (non-hydrogen) atoms. The van der Waals surface area contributed by atoms with Crippen LogP contribution in [0.3, 0.4) is 0 Å². The maximum Gasteiger partial charge on any atom is 0.311 e. The second-order valence-corrected chi connectivity index (χ2v) is 5.02. The fourth-order valence-corrected chi connectivity index (χ4v) is 1.64. The molecule has 1 aromatic carbocycles. The predicted molar refractivity (Wildman–Crippen MR) is 75.7 cm³/mol. The van der Waals surface area contributed by atoms with E-state index in [1.807, 2.05) is 12.1 Å². The molecule has 0 aromatic heterocycles. The zero-order chi connectivity index (χ0) is 15.2. The Balaban J connectivity index is 2.53. The predicted octanol–water partition coefficient (Wildman–Crippen LogP) is 1.85. The third kappa shape index (κ3) is 4.26. The molecule has 0 aliphatic carbocycles. The van der Waals surface area contributed by atoms with Gasteiger partial charge in [-0.1, -0.05) is 19.1 Å². The first-order chi connectivity index (χ1) is 9.41. The van der Waals surface area contributed by atoms with Crippen molar-refractivity contribution in [1.82, 2.24) is 5.32 Å². The van der Waals surface area contributed by atoms with E-state index in [1.165, 1.54) is 0 Å². The molecule has 110 valence electrons. The van der Waals surface area contributed by atoms with Crippen LogP contribution in [-0.4, -0.2) is 30.6 Å². The number of amides is 1. The first-order valence-corrected chi connectivity index (χ1v) is 6.54. The molecular weight excluding hydrogens is 258 g/mol. The van der Waals surface area contributed by atoms with E-state index in [9.17, 15) is 9.59 Å². The van der Waals surface area contributed by atoms with Crippen molar-refractivity contribution in [2.75, 3.05) is 13.7 Å². The lowest BCUT2D eigenvalue weighted by molar-refractivity contribution is -0.148. The second-order valence-electron chi connectivity index (χ2n) is 5.02. The molecule has 5 heteroatoms. The summed E-state index contributed by atoms with van der Waals surface area (Å²) in [5, 5.41) is 11.8. The number of hydrogen-bond acceptors (Lipinski definition) is 3. The first kappa shape index (κ1) is 16.0. The Kier molecular flexibility index (Phi) is 5.55. The Morgan fingerprint density at radius 3 is 2.35 bits per heavy atom. The molecule has 0 fully saturated rings. The number of carboxylic acid groups (broad SMARTS) is 1. The van der Waals surface area contributed by atoms with Gasteiger partial charge in [-0.25, -0.2) is 0 Å². The van der Waals surface area contributed by atoms with Crippen LogP contribution in [0, 0.1) is 5.41 Å². The van der Waals surface area contributed by atoms with Crippen LogP contribution in [0.25, 0.3) is 0 Å². The molecule has 0 aliphatic rings. The standard InChI is InChI=1S/C15H21NO4/c1-4-15(2,14(18)19)10-16-13(17)9-11-5-7-12(20-3)8-6-11/h5-8H,4,9-10H2,1-3H3,(H,16,17)(H,18,19). The van der Waals surface area contributed by atoms with Crippen molar-refractivity contribution in [3.05, 3.63) is 29.8 Å². The summed E-state index contributed by atoms with van der Waals surface area (Å²) >= 11 is 0. The van der Waals surface area contributed by atoms with Crippen molar-refractivity contribution in [2.45, 2.75) is 26.7 Å². The summed E-state index contributed by atoms with van der Waals surface area (Å²) in [4.78, 5) is 22.9. The van der Waals surface area contributed by atoms with Gasteiger partial charge in [-0.3, -0.25) is 9.59 Å². The molecule has 0 radical (unpaired) electrons. The smallest absolute Gasteiger partial charge is 0.311 e. The molecule has 0 heterocycles. The molecule has 1 rings (SSSR count). The number of benzene rings is 1. The van der Waals surface area contributed by atoms with Gasteiger partial charge in [0, 0.05) is 6.54 Å². The summed E-state index contributed by atoms with van der Waals surface area (Å²) in [5.41, 5.74) is -0.0629. The molecule has 0 saturated carbocycles. The van der Waals surface area contributed by atoms with E-state index in [4.69, 9.17) is 9.84 Å². The molecule has 0 spiro atoms. The average Bonchev–Trinajstić information content (AvgIpc) is 2.45. The van der Waals surface area contributed by atoms with E-state index in [0.717, 1.165) is 11.3 Å². The zero-order valence-electron chi connectivity index (χ0n) is 12.1. The van der Waals surface area contributed by atoms with Gasteiger partial charge in [0.2, 0.25) is 5.91 Å². The zero-order valence-corrected chi connectivity index (χ0v) is 12.1. The van der Waals surface area contributed by atoms with Crippen molar-refractivity contribution in [2.24, 2.45) is 5.41 Å². The van der Waals surface area contributed by atoms with Crippen molar-refractivity contribution >= 4 is 11.9 Å². The van der Waals surface area contributed by atoms with Crippen LogP contribution < -0.4 is 10.1 Å². The van der Waals surface area contributed by atoms with E-state index >= 15 is 0 Å². The summed E-state index contributed by atoms with van der Waals surface area (Å²) in [7, 11) is 1.58. The average molecular weight is 279 g/mol. The number of ether oxygens (including phenoxy) is 1. The summed E-state index contributed by atoms with van der Waals surface area (Å²) < 4.78 is 5.04. The minimum Gasteiger partial charge on any atom is -0.497 e. The molecule has 0 bridgehead atoms. The van der Waals surface area contributed by atoms with E-state index in [0.29, 0.717) is 6.42 Å². The molecule has 1 atom stereocenters. The molecule has 1 aromatic rings. The largest absolute Gasteiger partial charge is 0.497 e. The fraction of sp³-hybridized carbons (Fsp3) is 0.467. The summed E-state index contributed by atoms with van der Waals surface area (Å²) in [6.07, 6.45) is 0.689. The molecule has 1 unspecified atom stereocenters. The molecular formula is C15H21NO4. The Hall–Kier alpha value is -2.04. The number of carbonyl (C=O) groups is 2. The Bertz CT molecular complexity index is 469. The van der Waals surface area contributed by atoms with E-state index in [2.05, 4.69) is 5.32 Å². The van der Waals surface area contributed by atoms with Gasteiger partial charge in [0.1, 0.15) is 5.75 Å². The third-order valence-corrected chi connectivity index (χ3v) is 3.50. The Morgan fingerprint density at radius 1 is 1.30 bits per heavy atom. The molecule has 1 amide bonds. The quantitative estimate of drug-likeness (QED) is 0.798. The number of nitrogens with one attached hydrogen (secondary N) is 1. The molecule has 0 saturated heterocycles. The summed E-state index contributed by atoms with van der Waals surface area (Å²) in [6, 6.07) is 7.20. The Labute approximate surface area is 118 Å². The van der Waals surface area contributed by atoms with Crippen LogP contribution in [0.15, 0.2) is 24.3 Å². The number of rotatable bonds is 7. The van der Waals surface area contributed by atoms with Gasteiger partial charge in [0.05, 0.1) is 18.9 Å². The minimum atomic E-state index is -0.921. The van der Waals surface area contributed by atoms with Crippen molar-refractivity contribution in [3.63, 3.8) is 0 Å². The van der Waals surface area contributed by atoms with Gasteiger partial charge in [-0.15, -0.1) is 0 Å². The van der Waals surface area contributed by atoms with Crippen molar-refractivity contribution in [3.8, 4) is 5.75 Å². The summed E-state index contributed by atoms with van der Waals surface area (Å²) in [5.74, 6) is -0.348. The number of hydrogen-bond donors (Lipinski definition) is 2. The van der Waals surface area contributed by atoms with Gasteiger partial charge < -0.3 is 15.2 Å². The molecule has 0 aliphatic heterocycles. The van der Waals surface area contributed by atoms with Crippen molar-refractivity contribution < 1.29 is 19.4 Å². The maximum atomic E-state index is 11.8. The van der Waals surface area contributed by atoms with Gasteiger partial charge in [-0.2, -0.15) is 0 Å². The van der Waals surface area contributed by atoms with Crippen LogP contribution >= 0.6 is 0 Å². The van der Waals surface area contributed by atoms with Gasteiger partial charge in [0.25, 0.3) is 0 Å². The number of aliphatic carboxylic acids is 1.